The highest BCUT2D eigenvalue weighted by Gasteiger charge is 2.37. The molecule has 0 spiro atoms. The Hall–Kier alpha value is -1.10. The zero-order valence-electron chi connectivity index (χ0n) is 10.9. The third kappa shape index (κ3) is 3.70. The van der Waals surface area contributed by atoms with Gasteiger partial charge < -0.3 is 14.3 Å². The lowest BCUT2D eigenvalue weighted by Gasteiger charge is -2.40. The molecule has 0 atom stereocenters. The van der Waals surface area contributed by atoms with Crippen LogP contribution in [-0.2, 0) is 9.57 Å². The van der Waals surface area contributed by atoms with E-state index in [1.165, 1.54) is 0 Å². The summed E-state index contributed by atoms with van der Waals surface area (Å²) in [5.74, 6) is 0.886. The first kappa shape index (κ1) is 13.3. The zero-order chi connectivity index (χ0) is 12.7. The molecule has 1 heterocycles. The fourth-order valence-corrected chi connectivity index (χ4v) is 1.78. The van der Waals surface area contributed by atoms with Crippen LogP contribution in [0.3, 0.4) is 0 Å². The molecule has 18 heavy (non-hydrogen) atoms. The first-order valence-electron chi connectivity index (χ1n) is 6.45. The first-order chi connectivity index (χ1) is 8.85. The molecule has 4 heteroatoms. The highest BCUT2D eigenvalue weighted by atomic mass is 16.6. The van der Waals surface area contributed by atoms with Gasteiger partial charge in [-0.3, -0.25) is 0 Å². The van der Waals surface area contributed by atoms with Crippen LogP contribution < -0.4 is 10.2 Å². The summed E-state index contributed by atoms with van der Waals surface area (Å²) in [6.07, 6.45) is 1.09. The fourth-order valence-electron chi connectivity index (χ4n) is 1.78. The van der Waals surface area contributed by atoms with Crippen molar-refractivity contribution in [2.24, 2.45) is 5.41 Å². The molecule has 1 fully saturated rings. The van der Waals surface area contributed by atoms with Gasteiger partial charge in [0.2, 0.25) is 0 Å². The molecular weight excluding hydrogens is 230 g/mol. The van der Waals surface area contributed by atoms with Crippen LogP contribution in [0, 0.1) is 5.41 Å². The van der Waals surface area contributed by atoms with Gasteiger partial charge in [0, 0.05) is 5.41 Å². The number of hydrogen-bond donors (Lipinski definition) is 1. The number of nitrogens with one attached hydrogen (secondary N) is 1. The van der Waals surface area contributed by atoms with Crippen LogP contribution in [-0.4, -0.2) is 33.0 Å². The van der Waals surface area contributed by atoms with Crippen molar-refractivity contribution in [1.29, 1.82) is 0 Å². The van der Waals surface area contributed by atoms with Gasteiger partial charge in [-0.2, -0.15) is 5.48 Å². The molecule has 1 saturated heterocycles. The Morgan fingerprint density at radius 3 is 2.67 bits per heavy atom. The maximum atomic E-state index is 5.54. The maximum Gasteiger partial charge on any atom is 0.119 e. The third-order valence-electron chi connectivity index (χ3n) is 3.26. The van der Waals surface area contributed by atoms with Gasteiger partial charge >= 0.3 is 0 Å². The topological polar surface area (TPSA) is 39.7 Å². The number of ether oxygens (including phenoxy) is 2. The average Bonchev–Trinajstić information content (AvgIpc) is 2.37. The van der Waals surface area contributed by atoms with E-state index in [0.29, 0.717) is 19.8 Å². The van der Waals surface area contributed by atoms with Crippen molar-refractivity contribution in [3.63, 3.8) is 0 Å². The minimum atomic E-state index is 0.229. The van der Waals surface area contributed by atoms with Crippen molar-refractivity contribution in [2.75, 3.05) is 33.0 Å². The average molecular weight is 251 g/mol. The Morgan fingerprint density at radius 1 is 1.28 bits per heavy atom. The van der Waals surface area contributed by atoms with Gasteiger partial charge in [0.25, 0.3) is 0 Å². The van der Waals surface area contributed by atoms with E-state index in [-0.39, 0.29) is 5.41 Å². The second-order valence-electron chi connectivity index (χ2n) is 4.69. The summed E-state index contributed by atoms with van der Waals surface area (Å²) in [5, 5.41) is 0. The molecule has 0 saturated carbocycles. The molecule has 2 rings (SSSR count). The Bertz CT molecular complexity index is 333. The van der Waals surface area contributed by atoms with Gasteiger partial charge in [-0.05, 0) is 18.6 Å². The Morgan fingerprint density at radius 2 is 2.06 bits per heavy atom. The van der Waals surface area contributed by atoms with E-state index in [4.69, 9.17) is 14.3 Å². The van der Waals surface area contributed by atoms with Gasteiger partial charge in [0.15, 0.2) is 0 Å². The predicted octanol–water partition coefficient (Wildman–Crippen LogP) is 2.01. The van der Waals surface area contributed by atoms with Crippen LogP contribution >= 0.6 is 0 Å². The first-order valence-corrected chi connectivity index (χ1v) is 6.45. The van der Waals surface area contributed by atoms with E-state index in [0.717, 1.165) is 25.4 Å². The molecule has 1 aliphatic heterocycles. The van der Waals surface area contributed by atoms with E-state index >= 15 is 0 Å². The number of benzene rings is 1. The van der Waals surface area contributed by atoms with Crippen molar-refractivity contribution in [2.45, 2.75) is 13.3 Å². The Balaban J connectivity index is 1.51. The monoisotopic (exact) mass is 251 g/mol. The molecule has 1 aliphatic rings. The fraction of sp³-hybridized carbons (Fsp3) is 0.571. The van der Waals surface area contributed by atoms with Gasteiger partial charge in [0.1, 0.15) is 12.4 Å². The number of para-hydroxylation sites is 1. The molecule has 0 bridgehead atoms. The Labute approximate surface area is 108 Å². The molecule has 0 aliphatic carbocycles. The normalized spacial score (nSPS) is 17.2. The van der Waals surface area contributed by atoms with Gasteiger partial charge in [-0.25, -0.2) is 0 Å². The molecule has 1 N–H and O–H groups in total. The van der Waals surface area contributed by atoms with Crippen LogP contribution in [0.5, 0.6) is 5.75 Å². The van der Waals surface area contributed by atoms with Crippen molar-refractivity contribution >= 4 is 0 Å². The van der Waals surface area contributed by atoms with E-state index in [1.54, 1.807) is 0 Å². The van der Waals surface area contributed by atoms with Crippen molar-refractivity contribution in [1.82, 2.24) is 5.48 Å². The lowest BCUT2D eigenvalue weighted by Crippen LogP contribution is -2.47. The summed E-state index contributed by atoms with van der Waals surface area (Å²) in [6, 6.07) is 9.78. The second kappa shape index (κ2) is 6.73. The zero-order valence-corrected chi connectivity index (χ0v) is 10.9. The minimum absolute atomic E-state index is 0.229. The second-order valence-corrected chi connectivity index (χ2v) is 4.69. The summed E-state index contributed by atoms with van der Waals surface area (Å²) in [6.45, 7) is 5.77. The van der Waals surface area contributed by atoms with E-state index in [1.807, 2.05) is 30.3 Å². The van der Waals surface area contributed by atoms with E-state index in [9.17, 15) is 0 Å². The van der Waals surface area contributed by atoms with Crippen LogP contribution in [0.2, 0.25) is 0 Å². The van der Waals surface area contributed by atoms with E-state index < -0.39 is 0 Å². The molecule has 4 nitrogen and oxygen atoms in total. The van der Waals surface area contributed by atoms with Crippen molar-refractivity contribution in [3.05, 3.63) is 30.3 Å². The summed E-state index contributed by atoms with van der Waals surface area (Å²) in [7, 11) is 0. The third-order valence-corrected chi connectivity index (χ3v) is 3.26. The van der Waals surface area contributed by atoms with Crippen molar-refractivity contribution in [3.8, 4) is 5.75 Å². The predicted molar refractivity (Wildman–Crippen MR) is 69.4 cm³/mol. The van der Waals surface area contributed by atoms with Gasteiger partial charge in [-0.1, -0.05) is 25.1 Å². The lowest BCUT2D eigenvalue weighted by molar-refractivity contribution is -0.164. The molecule has 1 aromatic rings. The summed E-state index contributed by atoms with van der Waals surface area (Å²) in [4.78, 5) is 5.46. The minimum Gasteiger partial charge on any atom is -0.492 e. The van der Waals surface area contributed by atoms with Gasteiger partial charge in [-0.15, -0.1) is 0 Å². The highest BCUT2D eigenvalue weighted by Crippen LogP contribution is 2.30. The summed E-state index contributed by atoms with van der Waals surface area (Å²) >= 11 is 0. The molecular formula is C14H21NO3. The van der Waals surface area contributed by atoms with Crippen molar-refractivity contribution < 1.29 is 14.3 Å². The number of rotatable bonds is 8. The number of hydrogen-bond acceptors (Lipinski definition) is 4. The van der Waals surface area contributed by atoms with E-state index in [2.05, 4.69) is 12.4 Å². The molecule has 0 aromatic heterocycles. The SMILES string of the molecule is CCC1(CONCCOc2ccccc2)COC1. The highest BCUT2D eigenvalue weighted by molar-refractivity contribution is 5.20. The Kier molecular flexibility index (Phi) is 4.99. The lowest BCUT2D eigenvalue weighted by atomic mass is 9.84. The van der Waals surface area contributed by atoms with Crippen LogP contribution in [0.25, 0.3) is 0 Å². The van der Waals surface area contributed by atoms with Crippen LogP contribution in [0.1, 0.15) is 13.3 Å². The molecule has 1 aromatic carbocycles. The molecule has 0 unspecified atom stereocenters. The quantitative estimate of drug-likeness (QED) is 0.567. The van der Waals surface area contributed by atoms with Gasteiger partial charge in [0.05, 0.1) is 26.4 Å². The molecule has 0 amide bonds. The summed E-state index contributed by atoms with van der Waals surface area (Å²) < 4.78 is 10.8. The van der Waals surface area contributed by atoms with Crippen LogP contribution in [0.15, 0.2) is 30.3 Å². The molecule has 100 valence electrons. The maximum absolute atomic E-state index is 5.54. The number of hydroxylamine groups is 1. The largest absolute Gasteiger partial charge is 0.492 e. The summed E-state index contributed by atoms with van der Waals surface area (Å²) in [5.41, 5.74) is 3.16. The van der Waals surface area contributed by atoms with Crippen LogP contribution in [0.4, 0.5) is 0 Å². The smallest absolute Gasteiger partial charge is 0.119 e. The molecule has 0 radical (unpaired) electrons. The standard InChI is InChI=1S/C14H21NO3/c1-2-14(10-16-11-14)12-18-15-8-9-17-13-6-4-3-5-7-13/h3-7,15H,2,8-12H2,1H3.